The maximum atomic E-state index is 14.3. The Balaban J connectivity index is 1.20. The Labute approximate surface area is 303 Å². The minimum Gasteiger partial charge on any atom is -0.497 e. The standard InChI is InChI=1S/C37H48N6O6S2/c1-23(2)39-35-41-30(22-50-35)29-19-32(27-13-12-25(48-3)17-28(27)40-29)49-26-18-31(33(38)44)43(21-26)37-20-24(37)11-9-7-5-4-6-8-10-14-36(15-16-36)51(46,47)42-34(37)45/h9,11-13,17,19,22-24,26,31H,4-8,10,14-16,18,20-21H2,1-3H3,(H2,38,44)(H,39,41)(H,42,45)/b11-9+/t24-,26-,31+,37-/m1/s1. The van der Waals surface area contributed by atoms with Crippen molar-refractivity contribution in [1.29, 1.82) is 0 Å². The second-order valence-electron chi connectivity index (χ2n) is 14.9. The Morgan fingerprint density at radius 2 is 1.88 bits per heavy atom. The van der Waals surface area contributed by atoms with Gasteiger partial charge in [-0.15, -0.1) is 11.3 Å². The third kappa shape index (κ3) is 7.06. The zero-order valence-electron chi connectivity index (χ0n) is 29.5. The molecule has 7 rings (SSSR count). The number of benzene rings is 1. The van der Waals surface area contributed by atoms with Crippen LogP contribution in [-0.4, -0.2) is 77.2 Å². The molecule has 4 aliphatic rings. The lowest BCUT2D eigenvalue weighted by atomic mass is 10.1. The molecule has 1 aromatic carbocycles. The van der Waals surface area contributed by atoms with Crippen LogP contribution in [0.5, 0.6) is 11.5 Å². The number of nitrogens with one attached hydrogen (secondary N) is 2. The van der Waals surface area contributed by atoms with Gasteiger partial charge in [0.25, 0.3) is 5.91 Å². The van der Waals surface area contributed by atoms with E-state index in [0.717, 1.165) is 49.0 Å². The fourth-order valence-corrected chi connectivity index (χ4v) is 10.4. The monoisotopic (exact) mass is 736 g/mol. The van der Waals surface area contributed by atoms with Gasteiger partial charge in [0.05, 0.1) is 29.1 Å². The van der Waals surface area contributed by atoms with Crippen LogP contribution in [0.3, 0.4) is 0 Å². The maximum Gasteiger partial charge on any atom is 0.254 e. The molecular formula is C37H48N6O6S2. The molecule has 51 heavy (non-hydrogen) atoms. The predicted molar refractivity (Wildman–Crippen MR) is 198 cm³/mol. The van der Waals surface area contributed by atoms with E-state index in [9.17, 15) is 18.0 Å². The van der Waals surface area contributed by atoms with Crippen LogP contribution >= 0.6 is 11.3 Å². The number of hydrogen-bond donors (Lipinski definition) is 3. The number of methoxy groups -OCH3 is 1. The quantitative estimate of drug-likeness (QED) is 0.250. The largest absolute Gasteiger partial charge is 0.497 e. The number of primary amides is 1. The second kappa shape index (κ2) is 14.0. The van der Waals surface area contributed by atoms with Gasteiger partial charge in [-0.2, -0.15) is 0 Å². The number of rotatable bonds is 8. The van der Waals surface area contributed by atoms with Gasteiger partial charge in [-0.05, 0) is 64.5 Å². The van der Waals surface area contributed by atoms with Gasteiger partial charge < -0.3 is 20.5 Å². The number of nitrogens with two attached hydrogens (primary N) is 1. The van der Waals surface area contributed by atoms with Crippen LogP contribution < -0.4 is 25.2 Å². The number of hydrogen-bond acceptors (Lipinski definition) is 11. The lowest BCUT2D eigenvalue weighted by Crippen LogP contribution is -2.57. The molecule has 2 aliphatic heterocycles. The Bertz CT molecular complexity index is 1940. The zero-order chi connectivity index (χ0) is 36.0. The molecular weight excluding hydrogens is 689 g/mol. The maximum absolute atomic E-state index is 14.3. The topological polar surface area (TPSA) is 166 Å². The van der Waals surface area contributed by atoms with Gasteiger partial charge in [0.2, 0.25) is 15.9 Å². The van der Waals surface area contributed by atoms with Gasteiger partial charge in [0.15, 0.2) is 5.13 Å². The number of fused-ring (bicyclic) bond motifs is 2. The van der Waals surface area contributed by atoms with Crippen molar-refractivity contribution in [3.63, 3.8) is 0 Å². The van der Waals surface area contributed by atoms with Gasteiger partial charge >= 0.3 is 0 Å². The molecule has 2 amide bonds. The third-order valence-electron chi connectivity index (χ3n) is 10.9. The van der Waals surface area contributed by atoms with Crippen molar-refractivity contribution in [2.45, 2.75) is 113 Å². The molecule has 0 unspecified atom stereocenters. The van der Waals surface area contributed by atoms with E-state index in [1.165, 1.54) is 11.3 Å². The van der Waals surface area contributed by atoms with Gasteiger partial charge in [-0.25, -0.2) is 18.4 Å². The fraction of sp³-hybridized carbons (Fsp3) is 0.568. The number of aromatic nitrogens is 2. The van der Waals surface area contributed by atoms with Crippen molar-refractivity contribution in [3.8, 4) is 22.9 Å². The number of carbonyl (C=O) groups is 2. The van der Waals surface area contributed by atoms with Crippen LogP contribution in [0.15, 0.2) is 41.8 Å². The summed E-state index contributed by atoms with van der Waals surface area (Å²) in [4.78, 5) is 38.8. The molecule has 1 saturated heterocycles. The Morgan fingerprint density at radius 3 is 2.63 bits per heavy atom. The molecule has 2 saturated carbocycles. The summed E-state index contributed by atoms with van der Waals surface area (Å²) in [6.45, 7) is 4.32. The molecule has 4 atom stereocenters. The summed E-state index contributed by atoms with van der Waals surface area (Å²) in [5, 5.41) is 6.81. The van der Waals surface area contributed by atoms with Crippen molar-refractivity contribution < 1.29 is 27.5 Å². The van der Waals surface area contributed by atoms with E-state index in [4.69, 9.17) is 25.2 Å². The minimum absolute atomic E-state index is 0.213. The average Bonchev–Trinajstić information content (AvgIpc) is 3.93. The van der Waals surface area contributed by atoms with Crippen LogP contribution in [0.1, 0.15) is 84.5 Å². The first kappa shape index (κ1) is 35.6. The summed E-state index contributed by atoms with van der Waals surface area (Å²) >= 11 is 1.49. The average molecular weight is 737 g/mol. The number of ether oxygens (including phenoxy) is 2. The normalized spacial score (nSPS) is 28.3. The molecule has 0 radical (unpaired) electrons. The molecule has 3 aromatic rings. The first-order valence-electron chi connectivity index (χ1n) is 18.1. The van der Waals surface area contributed by atoms with E-state index in [0.29, 0.717) is 54.1 Å². The van der Waals surface area contributed by atoms with Gasteiger partial charge in [0.1, 0.15) is 28.8 Å². The molecule has 2 aliphatic carbocycles. The highest BCUT2D eigenvalue weighted by molar-refractivity contribution is 7.91. The minimum atomic E-state index is -3.92. The van der Waals surface area contributed by atoms with Crippen molar-refractivity contribution in [2.24, 2.45) is 11.7 Å². The van der Waals surface area contributed by atoms with Crippen molar-refractivity contribution in [2.75, 3.05) is 19.0 Å². The highest BCUT2D eigenvalue weighted by Crippen LogP contribution is 2.54. The molecule has 3 fully saturated rings. The number of nitrogens with zero attached hydrogens (tertiary/aromatic N) is 3. The van der Waals surface area contributed by atoms with Crippen LogP contribution in [0.2, 0.25) is 0 Å². The highest BCUT2D eigenvalue weighted by Gasteiger charge is 2.68. The molecule has 0 bridgehead atoms. The lowest BCUT2D eigenvalue weighted by Gasteiger charge is -2.32. The second-order valence-corrected chi connectivity index (χ2v) is 17.8. The van der Waals surface area contributed by atoms with E-state index in [1.807, 2.05) is 40.6 Å². The smallest absolute Gasteiger partial charge is 0.254 e. The number of pyridine rings is 1. The van der Waals surface area contributed by atoms with Crippen LogP contribution in [0, 0.1) is 5.92 Å². The van der Waals surface area contributed by atoms with E-state index in [2.05, 4.69) is 30.0 Å². The fourth-order valence-electron chi connectivity index (χ4n) is 7.85. The Kier molecular flexibility index (Phi) is 9.78. The van der Waals surface area contributed by atoms with Crippen LogP contribution in [0.25, 0.3) is 22.3 Å². The van der Waals surface area contributed by atoms with Gasteiger partial charge in [-0.1, -0.05) is 37.8 Å². The van der Waals surface area contributed by atoms with E-state index < -0.39 is 44.3 Å². The molecule has 4 heterocycles. The number of amides is 2. The summed E-state index contributed by atoms with van der Waals surface area (Å²) < 4.78 is 41.3. The van der Waals surface area contributed by atoms with Crippen LogP contribution in [0.4, 0.5) is 5.13 Å². The molecule has 1 spiro atoms. The molecule has 274 valence electrons. The van der Waals surface area contributed by atoms with Crippen LogP contribution in [-0.2, 0) is 19.6 Å². The van der Waals surface area contributed by atoms with Crippen molar-refractivity contribution >= 4 is 49.2 Å². The molecule has 14 heteroatoms. The number of carbonyl (C=O) groups excluding carboxylic acids is 2. The predicted octanol–water partition coefficient (Wildman–Crippen LogP) is 5.53. The Hall–Kier alpha value is -3.75. The van der Waals surface area contributed by atoms with Gasteiger partial charge in [0, 0.05) is 47.8 Å². The van der Waals surface area contributed by atoms with E-state index >= 15 is 0 Å². The molecule has 4 N–H and O–H groups in total. The summed E-state index contributed by atoms with van der Waals surface area (Å²) in [7, 11) is -2.32. The summed E-state index contributed by atoms with van der Waals surface area (Å²) in [5.41, 5.74) is 6.76. The first-order chi connectivity index (χ1) is 24.4. The number of sulfonamides is 1. The van der Waals surface area contributed by atoms with E-state index in [-0.39, 0.29) is 24.9 Å². The highest BCUT2D eigenvalue weighted by atomic mass is 32.2. The lowest BCUT2D eigenvalue weighted by molar-refractivity contribution is -0.130. The zero-order valence-corrected chi connectivity index (χ0v) is 31.2. The summed E-state index contributed by atoms with van der Waals surface area (Å²) in [6, 6.07) is 6.81. The SMILES string of the molecule is COc1ccc2c(O[C@@H]3C[C@@H](C(N)=O)N([C@]45C[C@H]4/C=C/CCCCCCCC4(CC4)S(=O)(=O)NC5=O)C3)cc(-c3csc(NC(C)C)n3)nc2c1. The molecule has 12 nitrogen and oxygen atoms in total. The van der Waals surface area contributed by atoms with Crippen molar-refractivity contribution in [3.05, 3.63) is 41.8 Å². The number of anilines is 1. The van der Waals surface area contributed by atoms with Crippen molar-refractivity contribution in [1.82, 2.24) is 19.6 Å². The third-order valence-corrected chi connectivity index (χ3v) is 13.9. The van der Waals surface area contributed by atoms with E-state index in [1.54, 1.807) is 7.11 Å². The summed E-state index contributed by atoms with van der Waals surface area (Å²) in [5.74, 6) is -0.220. The number of likely N-dealkylation sites (tertiary alicyclic amines) is 1. The molecule has 2 aromatic heterocycles. The first-order valence-corrected chi connectivity index (χ1v) is 20.5. The van der Waals surface area contributed by atoms with Gasteiger partial charge in [-0.3, -0.25) is 19.2 Å². The number of allylic oxidation sites excluding steroid dienone is 1. The number of thiazole rings is 1. The summed E-state index contributed by atoms with van der Waals surface area (Å²) in [6.07, 6.45) is 11.8. The Morgan fingerprint density at radius 1 is 1.10 bits per heavy atom.